The number of imidazole rings is 1. The molecule has 4 nitrogen and oxygen atoms in total. The van der Waals surface area contributed by atoms with Crippen LogP contribution in [0.3, 0.4) is 0 Å². The Kier molecular flexibility index (Phi) is 3.10. The maximum atomic E-state index is 12.3. The minimum atomic E-state index is -2.91. The third-order valence-corrected chi connectivity index (χ3v) is 1.70. The molecule has 14 heavy (non-hydrogen) atoms. The van der Waals surface area contributed by atoms with E-state index in [0.717, 1.165) is 17.0 Å². The van der Waals surface area contributed by atoms with E-state index in [1.165, 1.54) is 0 Å². The number of halogens is 3. The number of hydrogen-bond acceptors (Lipinski definition) is 2. The highest BCUT2D eigenvalue weighted by molar-refractivity contribution is 5.89. The summed E-state index contributed by atoms with van der Waals surface area (Å²) in [5.74, 6) is -1.33. The van der Waals surface area contributed by atoms with E-state index in [0.29, 0.717) is 0 Å². The van der Waals surface area contributed by atoms with Crippen molar-refractivity contribution in [2.24, 2.45) is 5.73 Å². The van der Waals surface area contributed by atoms with Crippen molar-refractivity contribution < 1.29 is 18.0 Å². The lowest BCUT2D eigenvalue weighted by Crippen LogP contribution is -2.25. The van der Waals surface area contributed by atoms with E-state index in [1.807, 2.05) is 0 Å². The van der Waals surface area contributed by atoms with Crippen molar-refractivity contribution in [1.29, 1.82) is 0 Å². The predicted octanol–water partition coefficient (Wildman–Crippen LogP) is 0.758. The number of nitrogens with zero attached hydrogens (tertiary/aromatic N) is 2. The number of hydrogen-bond donors (Lipinski definition) is 1. The van der Waals surface area contributed by atoms with Gasteiger partial charge >= 0.3 is 0 Å². The Balaban J connectivity index is 3.03. The number of nitrogens with two attached hydrogens (primary N) is 1. The number of amides is 1. The minimum absolute atomic E-state index is 0.368. The van der Waals surface area contributed by atoms with Gasteiger partial charge in [-0.3, -0.25) is 4.79 Å². The van der Waals surface area contributed by atoms with Crippen LogP contribution in [0.2, 0.25) is 0 Å². The fourth-order valence-corrected chi connectivity index (χ4v) is 1.03. The molecule has 0 aliphatic rings. The highest BCUT2D eigenvalue weighted by atomic mass is 19.3. The average Bonchev–Trinajstić information content (AvgIpc) is 2.53. The summed E-state index contributed by atoms with van der Waals surface area (Å²) in [6.07, 6.45) is -0.700. The van der Waals surface area contributed by atoms with Gasteiger partial charge in [-0.25, -0.2) is 18.2 Å². The summed E-state index contributed by atoms with van der Waals surface area (Å²) in [6, 6.07) is -1.71. The largest absolute Gasteiger partial charge is 0.363 e. The molecule has 0 aliphatic heterocycles. The lowest BCUT2D eigenvalue weighted by molar-refractivity contribution is 0.0660. The maximum Gasteiger partial charge on any atom is 0.284 e. The molecule has 78 valence electrons. The van der Waals surface area contributed by atoms with Crippen LogP contribution in [0.25, 0.3) is 0 Å². The van der Waals surface area contributed by atoms with Gasteiger partial charge in [0.05, 0.1) is 0 Å². The van der Waals surface area contributed by atoms with Crippen LogP contribution < -0.4 is 5.73 Å². The van der Waals surface area contributed by atoms with Crippen LogP contribution in [0.4, 0.5) is 13.2 Å². The van der Waals surface area contributed by atoms with E-state index in [9.17, 15) is 18.0 Å². The van der Waals surface area contributed by atoms with Gasteiger partial charge in [0.15, 0.2) is 5.82 Å². The van der Waals surface area contributed by atoms with Crippen molar-refractivity contribution in [2.75, 3.05) is 6.67 Å². The lowest BCUT2D eigenvalue weighted by Gasteiger charge is -2.15. The van der Waals surface area contributed by atoms with E-state index in [4.69, 9.17) is 5.73 Å². The monoisotopic (exact) mass is 207 g/mol. The third-order valence-electron chi connectivity index (χ3n) is 1.70. The summed E-state index contributed by atoms with van der Waals surface area (Å²) < 4.78 is 37.5. The summed E-state index contributed by atoms with van der Waals surface area (Å²) in [6.45, 7) is -1.28. The van der Waals surface area contributed by atoms with E-state index >= 15 is 0 Å². The number of carbonyl (C=O) groups is 1. The average molecular weight is 207 g/mol. The molecule has 1 atom stereocenters. The molecule has 0 bridgehead atoms. The number of primary amides is 1. The van der Waals surface area contributed by atoms with Crippen LogP contribution in [0.15, 0.2) is 12.4 Å². The smallest absolute Gasteiger partial charge is 0.284 e. The van der Waals surface area contributed by atoms with Gasteiger partial charge in [-0.2, -0.15) is 0 Å². The number of alkyl halides is 3. The van der Waals surface area contributed by atoms with Crippen LogP contribution in [0, 0.1) is 0 Å². The molecular weight excluding hydrogens is 199 g/mol. The molecule has 1 aromatic rings. The molecule has 1 unspecified atom stereocenters. The van der Waals surface area contributed by atoms with Crippen molar-refractivity contribution >= 4 is 5.91 Å². The highest BCUT2D eigenvalue weighted by Crippen LogP contribution is 2.18. The normalized spacial score (nSPS) is 13.1. The summed E-state index contributed by atoms with van der Waals surface area (Å²) >= 11 is 0. The first-order valence-electron chi connectivity index (χ1n) is 3.74. The van der Waals surface area contributed by atoms with Crippen molar-refractivity contribution in [3.05, 3.63) is 18.2 Å². The van der Waals surface area contributed by atoms with Gasteiger partial charge in [0.1, 0.15) is 12.7 Å². The minimum Gasteiger partial charge on any atom is -0.363 e. The molecule has 1 aromatic heterocycles. The van der Waals surface area contributed by atoms with Crippen LogP contribution >= 0.6 is 0 Å². The van der Waals surface area contributed by atoms with Gasteiger partial charge in [0, 0.05) is 12.4 Å². The molecular formula is C7H8F3N3O. The molecule has 2 N–H and O–H groups in total. The van der Waals surface area contributed by atoms with Crippen molar-refractivity contribution in [1.82, 2.24) is 9.55 Å². The van der Waals surface area contributed by atoms with Gasteiger partial charge in [-0.1, -0.05) is 0 Å². The Morgan fingerprint density at radius 1 is 1.64 bits per heavy atom. The Bertz CT molecular complexity index is 326. The van der Waals surface area contributed by atoms with Crippen LogP contribution in [-0.2, 0) is 0 Å². The van der Waals surface area contributed by atoms with Gasteiger partial charge in [-0.15, -0.1) is 0 Å². The number of rotatable bonds is 4. The quantitative estimate of drug-likeness (QED) is 0.792. The van der Waals surface area contributed by atoms with Gasteiger partial charge < -0.3 is 10.3 Å². The van der Waals surface area contributed by atoms with Crippen LogP contribution in [0.1, 0.15) is 16.7 Å². The molecule has 0 radical (unpaired) electrons. The van der Waals surface area contributed by atoms with Crippen molar-refractivity contribution in [3.63, 3.8) is 0 Å². The highest BCUT2D eigenvalue weighted by Gasteiger charge is 2.25. The second kappa shape index (κ2) is 4.12. The van der Waals surface area contributed by atoms with Gasteiger partial charge in [0.25, 0.3) is 12.3 Å². The Labute approximate surface area is 77.5 Å². The molecule has 1 rings (SSSR count). The fraction of sp³-hybridized carbons (Fsp3) is 0.429. The topological polar surface area (TPSA) is 60.9 Å². The zero-order valence-corrected chi connectivity index (χ0v) is 7.03. The van der Waals surface area contributed by atoms with Gasteiger partial charge in [0.2, 0.25) is 0 Å². The summed E-state index contributed by atoms with van der Waals surface area (Å²) in [4.78, 5) is 14.2. The summed E-state index contributed by atoms with van der Waals surface area (Å²) in [5.41, 5.74) is 4.86. The second-order valence-electron chi connectivity index (χ2n) is 2.58. The molecule has 1 heterocycles. The Morgan fingerprint density at radius 3 is 2.71 bits per heavy atom. The molecule has 0 saturated heterocycles. The van der Waals surface area contributed by atoms with Crippen LogP contribution in [-0.4, -0.2) is 28.6 Å². The first-order valence-corrected chi connectivity index (χ1v) is 3.74. The van der Waals surface area contributed by atoms with Gasteiger partial charge in [-0.05, 0) is 0 Å². The molecule has 1 amide bonds. The standard InChI is InChI=1S/C7H8F3N3O/c8-3-4(5(9)10)13-2-1-12-7(13)6(11)14/h1-2,4-5H,3H2,(H2,11,14). The lowest BCUT2D eigenvalue weighted by atomic mass is 10.3. The first kappa shape index (κ1) is 10.6. The molecule has 0 fully saturated rings. The van der Waals surface area contributed by atoms with E-state index in [-0.39, 0.29) is 5.82 Å². The molecule has 0 aliphatic carbocycles. The zero-order chi connectivity index (χ0) is 10.7. The summed E-state index contributed by atoms with van der Waals surface area (Å²) in [7, 11) is 0. The van der Waals surface area contributed by atoms with Crippen LogP contribution in [0.5, 0.6) is 0 Å². The van der Waals surface area contributed by atoms with Crippen molar-refractivity contribution in [2.45, 2.75) is 12.5 Å². The molecule has 0 saturated carbocycles. The SMILES string of the molecule is NC(=O)c1nccn1C(CF)C(F)F. The predicted molar refractivity (Wildman–Crippen MR) is 41.8 cm³/mol. The first-order chi connectivity index (χ1) is 6.57. The van der Waals surface area contributed by atoms with E-state index in [1.54, 1.807) is 0 Å². The molecule has 0 spiro atoms. The van der Waals surface area contributed by atoms with E-state index < -0.39 is 25.0 Å². The second-order valence-corrected chi connectivity index (χ2v) is 2.58. The van der Waals surface area contributed by atoms with E-state index in [2.05, 4.69) is 4.98 Å². The fourth-order valence-electron chi connectivity index (χ4n) is 1.03. The zero-order valence-electron chi connectivity index (χ0n) is 7.03. The summed E-state index contributed by atoms with van der Waals surface area (Å²) in [5, 5.41) is 0. The van der Waals surface area contributed by atoms with Crippen molar-refractivity contribution in [3.8, 4) is 0 Å². The number of carbonyl (C=O) groups excluding carboxylic acids is 1. The Hall–Kier alpha value is -1.53. The molecule has 7 heteroatoms. The number of aromatic nitrogens is 2. The molecule has 0 aromatic carbocycles. The maximum absolute atomic E-state index is 12.3. The third kappa shape index (κ3) is 1.86. The Morgan fingerprint density at radius 2 is 2.29 bits per heavy atom.